The van der Waals surface area contributed by atoms with Gasteiger partial charge in [0, 0.05) is 10.0 Å². The molecule has 1 aliphatic carbocycles. The quantitative estimate of drug-likeness (QED) is 0.697. The van der Waals surface area contributed by atoms with E-state index in [1.165, 1.54) is 0 Å². The molecule has 2 rings (SSSR count). The van der Waals surface area contributed by atoms with Gasteiger partial charge in [0.25, 0.3) is 0 Å². The van der Waals surface area contributed by atoms with Crippen LogP contribution in [0.2, 0.25) is 0 Å². The Morgan fingerprint density at radius 3 is 2.47 bits per heavy atom. The third-order valence-corrected chi connectivity index (χ3v) is 3.12. The lowest BCUT2D eigenvalue weighted by Gasteiger charge is -2.14. The summed E-state index contributed by atoms with van der Waals surface area (Å²) in [6, 6.07) is 6.03. The number of benzene rings is 1. The van der Waals surface area contributed by atoms with Gasteiger partial charge in [-0.25, -0.2) is 0 Å². The van der Waals surface area contributed by atoms with Crippen molar-refractivity contribution in [1.29, 1.82) is 0 Å². The van der Waals surface area contributed by atoms with Gasteiger partial charge in [0.1, 0.15) is 0 Å². The van der Waals surface area contributed by atoms with Crippen molar-refractivity contribution in [2.75, 3.05) is 0 Å². The van der Waals surface area contributed by atoms with E-state index in [4.69, 9.17) is 0 Å². The maximum atomic E-state index is 11.1. The molecule has 0 radical (unpaired) electrons. The van der Waals surface area contributed by atoms with Crippen molar-refractivity contribution in [3.8, 4) is 0 Å². The minimum atomic E-state index is 0.101. The number of fused-ring (bicyclic) bond motifs is 1. The summed E-state index contributed by atoms with van der Waals surface area (Å²) in [5, 5.41) is 0. The average Bonchev–Trinajstić information content (AvgIpc) is 2.54. The number of carbonyl (C=O) groups is 1. The summed E-state index contributed by atoms with van der Waals surface area (Å²) in [5.74, 6) is 0. The molecule has 0 atom stereocenters. The zero-order valence-electron chi connectivity index (χ0n) is 10.3. The van der Waals surface area contributed by atoms with Gasteiger partial charge < -0.3 is 0 Å². The molecule has 0 saturated heterocycles. The number of halogens is 1. The van der Waals surface area contributed by atoms with Crippen molar-refractivity contribution in [3.05, 3.63) is 46.0 Å². The molecule has 2 heteroatoms. The number of aldehydes is 1. The Morgan fingerprint density at radius 2 is 1.88 bits per heavy atom. The van der Waals surface area contributed by atoms with Crippen LogP contribution in [0.4, 0.5) is 0 Å². The SMILES string of the molecule is CC(C)(C)/C=C1\C=C(C=O)c2ccc(Br)cc21. The maximum absolute atomic E-state index is 11.1. The van der Waals surface area contributed by atoms with E-state index < -0.39 is 0 Å². The summed E-state index contributed by atoms with van der Waals surface area (Å²) in [6.45, 7) is 6.47. The van der Waals surface area contributed by atoms with Crippen molar-refractivity contribution < 1.29 is 4.79 Å². The van der Waals surface area contributed by atoms with Crippen molar-refractivity contribution in [2.24, 2.45) is 5.41 Å². The maximum Gasteiger partial charge on any atom is 0.150 e. The Morgan fingerprint density at radius 1 is 1.18 bits per heavy atom. The van der Waals surface area contributed by atoms with E-state index >= 15 is 0 Å². The summed E-state index contributed by atoms with van der Waals surface area (Å²) in [7, 11) is 0. The van der Waals surface area contributed by atoms with Crippen LogP contribution in [0.5, 0.6) is 0 Å². The molecule has 0 fully saturated rings. The molecule has 0 amide bonds. The van der Waals surface area contributed by atoms with Crippen LogP contribution in [-0.4, -0.2) is 6.29 Å². The molecule has 17 heavy (non-hydrogen) atoms. The monoisotopic (exact) mass is 290 g/mol. The summed E-state index contributed by atoms with van der Waals surface area (Å²) in [6.07, 6.45) is 5.10. The molecule has 0 spiro atoms. The first-order valence-electron chi connectivity index (χ1n) is 5.61. The van der Waals surface area contributed by atoms with E-state index in [2.05, 4.69) is 48.8 Å². The Kier molecular flexibility index (Phi) is 3.09. The summed E-state index contributed by atoms with van der Waals surface area (Å²) in [5.41, 5.74) is 4.16. The van der Waals surface area contributed by atoms with Gasteiger partial charge in [-0.05, 0) is 40.3 Å². The third kappa shape index (κ3) is 2.58. The second kappa shape index (κ2) is 4.26. The van der Waals surface area contributed by atoms with E-state index in [-0.39, 0.29) is 5.41 Å². The highest BCUT2D eigenvalue weighted by atomic mass is 79.9. The molecule has 1 aromatic carbocycles. The van der Waals surface area contributed by atoms with Crippen molar-refractivity contribution >= 4 is 33.4 Å². The molecule has 1 nitrogen and oxygen atoms in total. The molecule has 88 valence electrons. The average molecular weight is 291 g/mol. The van der Waals surface area contributed by atoms with Crippen molar-refractivity contribution in [2.45, 2.75) is 20.8 Å². The first-order valence-corrected chi connectivity index (χ1v) is 6.40. The predicted octanol–water partition coefficient (Wildman–Crippen LogP) is 4.47. The van der Waals surface area contributed by atoms with Gasteiger partial charge in [0.15, 0.2) is 6.29 Å². The highest BCUT2D eigenvalue weighted by molar-refractivity contribution is 9.10. The number of allylic oxidation sites excluding steroid dienone is 4. The molecule has 0 bridgehead atoms. The highest BCUT2D eigenvalue weighted by Gasteiger charge is 2.20. The van der Waals surface area contributed by atoms with Gasteiger partial charge in [-0.2, -0.15) is 0 Å². The second-order valence-corrected chi connectivity index (χ2v) is 6.29. The third-order valence-electron chi connectivity index (χ3n) is 2.63. The minimum absolute atomic E-state index is 0.101. The Labute approximate surface area is 110 Å². The molecular weight excluding hydrogens is 276 g/mol. The van der Waals surface area contributed by atoms with E-state index in [9.17, 15) is 4.79 Å². The second-order valence-electron chi connectivity index (χ2n) is 5.37. The molecular formula is C15H15BrO. The van der Waals surface area contributed by atoms with Crippen LogP contribution in [-0.2, 0) is 4.79 Å². The molecule has 1 aliphatic rings. The van der Waals surface area contributed by atoms with Gasteiger partial charge in [-0.1, -0.05) is 48.8 Å². The van der Waals surface area contributed by atoms with Crippen LogP contribution in [0.15, 0.2) is 34.8 Å². The zero-order chi connectivity index (χ0) is 12.6. The molecule has 0 aromatic heterocycles. The highest BCUT2D eigenvalue weighted by Crippen LogP contribution is 2.38. The number of hydrogen-bond donors (Lipinski definition) is 0. The number of rotatable bonds is 1. The predicted molar refractivity (Wildman–Crippen MR) is 75.6 cm³/mol. The van der Waals surface area contributed by atoms with Crippen LogP contribution in [0.1, 0.15) is 31.9 Å². The van der Waals surface area contributed by atoms with Crippen LogP contribution in [0, 0.1) is 5.41 Å². The lowest BCUT2D eigenvalue weighted by molar-refractivity contribution is -0.103. The zero-order valence-corrected chi connectivity index (χ0v) is 11.8. The van der Waals surface area contributed by atoms with Gasteiger partial charge in [0.2, 0.25) is 0 Å². The first-order chi connectivity index (χ1) is 7.90. The summed E-state index contributed by atoms with van der Waals surface area (Å²) in [4.78, 5) is 11.1. The fourth-order valence-electron chi connectivity index (χ4n) is 2.01. The van der Waals surface area contributed by atoms with Gasteiger partial charge in [-0.3, -0.25) is 4.79 Å². The molecule has 0 unspecified atom stereocenters. The fraction of sp³-hybridized carbons (Fsp3) is 0.267. The van der Waals surface area contributed by atoms with E-state index in [0.717, 1.165) is 33.0 Å². The van der Waals surface area contributed by atoms with Gasteiger partial charge >= 0.3 is 0 Å². The smallest absolute Gasteiger partial charge is 0.150 e. The van der Waals surface area contributed by atoms with Crippen LogP contribution in [0.25, 0.3) is 11.1 Å². The lowest BCUT2D eigenvalue weighted by atomic mass is 9.92. The normalized spacial score (nSPS) is 16.9. The molecule has 0 aliphatic heterocycles. The van der Waals surface area contributed by atoms with Crippen LogP contribution >= 0.6 is 15.9 Å². The standard InChI is InChI=1S/C15H15BrO/c1-15(2,3)8-10-6-11(9-17)13-5-4-12(16)7-14(10)13/h4-9H,1-3H3/b10-8+. The Bertz CT molecular complexity index is 530. The Balaban J connectivity index is 2.61. The molecule has 0 N–H and O–H groups in total. The largest absolute Gasteiger partial charge is 0.298 e. The summed E-state index contributed by atoms with van der Waals surface area (Å²) >= 11 is 3.48. The van der Waals surface area contributed by atoms with Crippen molar-refractivity contribution in [1.82, 2.24) is 0 Å². The van der Waals surface area contributed by atoms with Crippen LogP contribution < -0.4 is 0 Å². The van der Waals surface area contributed by atoms with E-state index in [1.54, 1.807) is 0 Å². The van der Waals surface area contributed by atoms with Gasteiger partial charge in [0.05, 0.1) is 0 Å². The van der Waals surface area contributed by atoms with E-state index in [1.807, 2.05) is 18.2 Å². The first kappa shape index (κ1) is 12.3. The molecule has 1 aromatic rings. The molecule has 0 saturated carbocycles. The molecule has 0 heterocycles. The van der Waals surface area contributed by atoms with Crippen molar-refractivity contribution in [3.63, 3.8) is 0 Å². The number of carbonyl (C=O) groups excluding carboxylic acids is 1. The van der Waals surface area contributed by atoms with E-state index in [0.29, 0.717) is 0 Å². The minimum Gasteiger partial charge on any atom is -0.298 e. The lowest BCUT2D eigenvalue weighted by Crippen LogP contribution is -2.00. The van der Waals surface area contributed by atoms with Gasteiger partial charge in [-0.15, -0.1) is 0 Å². The summed E-state index contributed by atoms with van der Waals surface area (Å²) < 4.78 is 1.04. The number of hydrogen-bond acceptors (Lipinski definition) is 1. The van der Waals surface area contributed by atoms with Crippen LogP contribution in [0.3, 0.4) is 0 Å². The fourth-order valence-corrected chi connectivity index (χ4v) is 2.37. The topological polar surface area (TPSA) is 17.1 Å². The Hall–Kier alpha value is -1.15.